The zero-order chi connectivity index (χ0) is 19.8. The number of likely N-dealkylation sites (tertiary alicyclic amines) is 1. The van der Waals surface area contributed by atoms with Crippen molar-refractivity contribution >= 4 is 11.9 Å². The Morgan fingerprint density at radius 3 is 2.59 bits per heavy atom. The highest BCUT2D eigenvalue weighted by molar-refractivity contribution is 5.89. The van der Waals surface area contributed by atoms with Crippen molar-refractivity contribution < 1.29 is 14.7 Å². The summed E-state index contributed by atoms with van der Waals surface area (Å²) in [7, 11) is 0. The van der Waals surface area contributed by atoms with Crippen LogP contribution >= 0.6 is 0 Å². The third-order valence-corrected chi connectivity index (χ3v) is 4.73. The average Bonchev–Trinajstić information content (AvgIpc) is 3.09. The Morgan fingerprint density at radius 1 is 1.19 bits per heavy atom. The quantitative estimate of drug-likeness (QED) is 0.890. The zero-order valence-electron chi connectivity index (χ0n) is 16.2. The van der Waals surface area contributed by atoms with Crippen LogP contribution in [0.1, 0.15) is 61.5 Å². The summed E-state index contributed by atoms with van der Waals surface area (Å²) in [6.45, 7) is 8.36. The topological polar surface area (TPSA) is 83.4 Å². The molecule has 1 aliphatic rings. The third-order valence-electron chi connectivity index (χ3n) is 4.73. The summed E-state index contributed by atoms with van der Waals surface area (Å²) in [6.07, 6.45) is 1.76. The Balaban J connectivity index is 2.00. The Labute approximate surface area is 159 Å². The molecule has 6 heteroatoms. The van der Waals surface area contributed by atoms with E-state index in [0.717, 1.165) is 24.1 Å². The molecule has 0 unspecified atom stereocenters. The van der Waals surface area contributed by atoms with E-state index < -0.39 is 11.4 Å². The molecule has 0 spiro atoms. The van der Waals surface area contributed by atoms with E-state index in [4.69, 9.17) is 4.98 Å². The molecular formula is C21H25N3O3. The van der Waals surface area contributed by atoms with Crippen molar-refractivity contribution in [3.8, 4) is 11.3 Å². The van der Waals surface area contributed by atoms with Gasteiger partial charge in [-0.2, -0.15) is 0 Å². The summed E-state index contributed by atoms with van der Waals surface area (Å²) in [6, 6.07) is 8.42. The molecule has 1 saturated heterocycles. The minimum Gasteiger partial charge on any atom is -0.478 e. The van der Waals surface area contributed by atoms with Crippen molar-refractivity contribution in [3.05, 3.63) is 47.4 Å². The fraction of sp³-hybridized carbons (Fsp3) is 0.429. The molecule has 0 aliphatic carbocycles. The van der Waals surface area contributed by atoms with Crippen LogP contribution in [0.15, 0.2) is 30.3 Å². The number of benzene rings is 1. The molecule has 1 atom stereocenters. The third kappa shape index (κ3) is 3.99. The molecule has 2 heterocycles. The lowest BCUT2D eigenvalue weighted by Gasteiger charge is -2.30. The summed E-state index contributed by atoms with van der Waals surface area (Å²) in [5.74, 6) is -0.244. The van der Waals surface area contributed by atoms with Crippen LogP contribution < -0.4 is 0 Å². The number of rotatable bonds is 3. The fourth-order valence-electron chi connectivity index (χ4n) is 3.41. The second-order valence-electron chi connectivity index (χ2n) is 8.05. The molecule has 6 nitrogen and oxygen atoms in total. The van der Waals surface area contributed by atoms with Gasteiger partial charge in [0.05, 0.1) is 17.3 Å². The van der Waals surface area contributed by atoms with Crippen LogP contribution in [0.2, 0.25) is 0 Å². The van der Waals surface area contributed by atoms with Crippen LogP contribution in [-0.2, 0) is 4.79 Å². The lowest BCUT2D eigenvalue weighted by atomic mass is 9.94. The van der Waals surface area contributed by atoms with E-state index >= 15 is 0 Å². The smallest absolute Gasteiger partial charge is 0.335 e. The highest BCUT2D eigenvalue weighted by atomic mass is 16.4. The van der Waals surface area contributed by atoms with Crippen molar-refractivity contribution in [2.24, 2.45) is 5.41 Å². The SMILES string of the molecule is Cc1cc(-c2cccc(C(=O)O)c2)nc([C@@H]2CCCN2C(=O)C(C)(C)C)n1. The van der Waals surface area contributed by atoms with Gasteiger partial charge >= 0.3 is 5.97 Å². The number of nitrogens with zero attached hydrogens (tertiary/aromatic N) is 3. The summed E-state index contributed by atoms with van der Waals surface area (Å²) in [4.78, 5) is 35.3. The molecule has 142 valence electrons. The Kier molecular flexibility index (Phi) is 5.00. The number of carboxylic acid groups (broad SMARTS) is 1. The molecule has 1 aromatic carbocycles. The van der Waals surface area contributed by atoms with Crippen LogP contribution in [0.25, 0.3) is 11.3 Å². The number of carbonyl (C=O) groups excluding carboxylic acids is 1. The summed E-state index contributed by atoms with van der Waals surface area (Å²) >= 11 is 0. The first kappa shape index (κ1) is 19.0. The number of aromatic nitrogens is 2. The number of aromatic carboxylic acids is 1. The first-order chi connectivity index (χ1) is 12.7. The van der Waals surface area contributed by atoms with Crippen molar-refractivity contribution in [3.63, 3.8) is 0 Å². The minimum atomic E-state index is -0.972. The fourth-order valence-corrected chi connectivity index (χ4v) is 3.41. The number of hydrogen-bond acceptors (Lipinski definition) is 4. The molecule has 0 radical (unpaired) electrons. The van der Waals surface area contributed by atoms with Gasteiger partial charge in [0.15, 0.2) is 5.82 Å². The van der Waals surface area contributed by atoms with Crippen LogP contribution in [0.4, 0.5) is 0 Å². The average molecular weight is 367 g/mol. The molecule has 2 aromatic rings. The van der Waals surface area contributed by atoms with Crippen molar-refractivity contribution in [2.45, 2.75) is 46.6 Å². The normalized spacial score (nSPS) is 17.2. The summed E-state index contributed by atoms with van der Waals surface area (Å²) in [5.41, 5.74) is 1.97. The van der Waals surface area contributed by atoms with E-state index in [0.29, 0.717) is 18.1 Å². The van der Waals surface area contributed by atoms with Crippen molar-refractivity contribution in [1.29, 1.82) is 0 Å². The maximum atomic E-state index is 12.8. The number of aryl methyl sites for hydroxylation is 1. The number of hydrogen-bond donors (Lipinski definition) is 1. The lowest BCUT2D eigenvalue weighted by Crippen LogP contribution is -2.39. The largest absolute Gasteiger partial charge is 0.478 e. The van der Waals surface area contributed by atoms with E-state index in [2.05, 4.69) is 4.98 Å². The van der Waals surface area contributed by atoms with E-state index in [1.54, 1.807) is 18.2 Å². The van der Waals surface area contributed by atoms with Gasteiger partial charge in [-0.25, -0.2) is 14.8 Å². The van der Waals surface area contributed by atoms with Gasteiger partial charge in [0.1, 0.15) is 0 Å². The number of amides is 1. The molecule has 0 saturated carbocycles. The van der Waals surface area contributed by atoms with Gasteiger partial charge in [-0.05, 0) is 38.0 Å². The lowest BCUT2D eigenvalue weighted by molar-refractivity contribution is -0.140. The molecule has 1 aromatic heterocycles. The zero-order valence-corrected chi connectivity index (χ0v) is 16.2. The molecule has 27 heavy (non-hydrogen) atoms. The molecular weight excluding hydrogens is 342 g/mol. The Morgan fingerprint density at radius 2 is 1.93 bits per heavy atom. The first-order valence-electron chi connectivity index (χ1n) is 9.17. The van der Waals surface area contributed by atoms with Crippen LogP contribution in [-0.4, -0.2) is 38.4 Å². The summed E-state index contributed by atoms with van der Waals surface area (Å²) < 4.78 is 0. The van der Waals surface area contributed by atoms with E-state index in [-0.39, 0.29) is 17.5 Å². The van der Waals surface area contributed by atoms with Crippen LogP contribution in [0.5, 0.6) is 0 Å². The van der Waals surface area contributed by atoms with Crippen LogP contribution in [0, 0.1) is 12.3 Å². The van der Waals surface area contributed by atoms with Gasteiger partial charge in [0.25, 0.3) is 0 Å². The molecule has 0 bridgehead atoms. The highest BCUT2D eigenvalue weighted by Gasteiger charge is 2.37. The van der Waals surface area contributed by atoms with Gasteiger partial charge in [-0.1, -0.05) is 32.9 Å². The predicted octanol–water partition coefficient (Wildman–Crippen LogP) is 3.86. The maximum Gasteiger partial charge on any atom is 0.335 e. The van der Waals surface area contributed by atoms with Gasteiger partial charge in [-0.15, -0.1) is 0 Å². The van der Waals surface area contributed by atoms with Crippen molar-refractivity contribution in [1.82, 2.24) is 14.9 Å². The minimum absolute atomic E-state index is 0.101. The number of carbonyl (C=O) groups is 2. The summed E-state index contributed by atoms with van der Waals surface area (Å²) in [5, 5.41) is 9.23. The van der Waals surface area contributed by atoms with Gasteiger partial charge < -0.3 is 10.0 Å². The van der Waals surface area contributed by atoms with E-state index in [1.165, 1.54) is 0 Å². The first-order valence-corrected chi connectivity index (χ1v) is 9.17. The standard InChI is InChI=1S/C21H25N3O3/c1-13-11-16(14-7-5-8-15(12-14)19(25)26)23-18(22-13)17-9-6-10-24(17)20(27)21(2,3)4/h5,7-8,11-12,17H,6,9-10H2,1-4H3,(H,25,26)/t17-/m0/s1. The van der Waals surface area contributed by atoms with Crippen LogP contribution in [0.3, 0.4) is 0 Å². The predicted molar refractivity (Wildman–Crippen MR) is 102 cm³/mol. The Bertz CT molecular complexity index is 886. The Hall–Kier alpha value is -2.76. The van der Waals surface area contributed by atoms with Crippen molar-refractivity contribution in [2.75, 3.05) is 6.54 Å². The second-order valence-corrected chi connectivity index (χ2v) is 8.05. The molecule has 1 fully saturated rings. The van der Waals surface area contributed by atoms with E-state index in [1.807, 2.05) is 44.7 Å². The molecule has 1 amide bonds. The molecule has 1 N–H and O–H groups in total. The van der Waals surface area contributed by atoms with E-state index in [9.17, 15) is 14.7 Å². The van der Waals surface area contributed by atoms with Gasteiger partial charge in [0.2, 0.25) is 5.91 Å². The monoisotopic (exact) mass is 367 g/mol. The highest BCUT2D eigenvalue weighted by Crippen LogP contribution is 2.34. The molecule has 1 aliphatic heterocycles. The maximum absolute atomic E-state index is 12.8. The second kappa shape index (κ2) is 7.10. The van der Waals surface area contributed by atoms with Gasteiger partial charge in [0, 0.05) is 23.2 Å². The molecule has 3 rings (SSSR count). The van der Waals surface area contributed by atoms with Gasteiger partial charge in [-0.3, -0.25) is 4.79 Å². The number of carboxylic acids is 1.